The fraction of sp³-hybridized carbons (Fsp3) is 0.154. The second-order valence-electron chi connectivity index (χ2n) is 4.09. The fourth-order valence-electron chi connectivity index (χ4n) is 1.56. The zero-order valence-electron chi connectivity index (χ0n) is 10.6. The molecule has 0 fully saturated rings. The summed E-state index contributed by atoms with van der Waals surface area (Å²) in [6.45, 7) is 0. The van der Waals surface area contributed by atoms with Crippen LogP contribution in [0.2, 0.25) is 0 Å². The lowest BCUT2D eigenvalue weighted by Gasteiger charge is -2.16. The smallest absolute Gasteiger partial charge is 0.257 e. The van der Waals surface area contributed by atoms with Crippen molar-refractivity contribution >= 4 is 33.3 Å². The third kappa shape index (κ3) is 3.29. The van der Waals surface area contributed by atoms with Crippen molar-refractivity contribution < 1.29 is 4.79 Å². The van der Waals surface area contributed by atoms with E-state index >= 15 is 0 Å². The topological polar surface area (TPSA) is 58.1 Å². The van der Waals surface area contributed by atoms with Gasteiger partial charge in [-0.3, -0.25) is 4.79 Å². The van der Waals surface area contributed by atoms with Crippen molar-refractivity contribution in [3.05, 3.63) is 46.8 Å². The highest BCUT2D eigenvalue weighted by Gasteiger charge is 2.11. The summed E-state index contributed by atoms with van der Waals surface area (Å²) in [5.41, 5.74) is 1.16. The van der Waals surface area contributed by atoms with E-state index in [0.717, 1.165) is 0 Å². The minimum atomic E-state index is -0.212. The molecule has 0 saturated carbocycles. The number of amides is 1. The van der Waals surface area contributed by atoms with Gasteiger partial charge in [0, 0.05) is 26.5 Å². The number of carbonyl (C=O) groups excluding carboxylic acids is 1. The Balaban J connectivity index is 2.22. The van der Waals surface area contributed by atoms with Crippen LogP contribution in [0.15, 0.2) is 41.3 Å². The predicted octanol–water partition coefficient (Wildman–Crippen LogP) is 2.56. The van der Waals surface area contributed by atoms with Crippen LogP contribution in [0.3, 0.4) is 0 Å². The summed E-state index contributed by atoms with van der Waals surface area (Å²) in [4.78, 5) is 22.2. The maximum atomic E-state index is 12.1. The molecule has 5 nitrogen and oxygen atoms in total. The molecule has 6 heteroatoms. The first-order valence-corrected chi connectivity index (χ1v) is 6.42. The molecule has 0 radical (unpaired) electrons. The molecule has 2 rings (SSSR count). The Bertz CT molecular complexity index is 583. The molecule has 1 N–H and O–H groups in total. The van der Waals surface area contributed by atoms with Crippen molar-refractivity contribution in [3.8, 4) is 0 Å². The first-order valence-electron chi connectivity index (χ1n) is 5.63. The van der Waals surface area contributed by atoms with Crippen LogP contribution >= 0.6 is 15.9 Å². The van der Waals surface area contributed by atoms with Gasteiger partial charge >= 0.3 is 0 Å². The lowest BCUT2D eigenvalue weighted by atomic mass is 10.2. The second-order valence-corrected chi connectivity index (χ2v) is 4.91. The van der Waals surface area contributed by atoms with Crippen molar-refractivity contribution in [2.24, 2.45) is 0 Å². The molecule has 1 amide bonds. The normalized spacial score (nSPS) is 10.1. The first-order chi connectivity index (χ1) is 9.08. The summed E-state index contributed by atoms with van der Waals surface area (Å²) in [6, 6.07) is 7.03. The van der Waals surface area contributed by atoms with E-state index in [-0.39, 0.29) is 5.91 Å². The van der Waals surface area contributed by atoms with Crippen molar-refractivity contribution in [1.82, 2.24) is 9.97 Å². The van der Waals surface area contributed by atoms with Crippen molar-refractivity contribution in [1.29, 1.82) is 0 Å². The monoisotopic (exact) mass is 320 g/mol. The van der Waals surface area contributed by atoms with Gasteiger partial charge in [0.15, 0.2) is 5.82 Å². The van der Waals surface area contributed by atoms with Crippen molar-refractivity contribution in [3.63, 3.8) is 0 Å². The molecule has 2 aromatic heterocycles. The first kappa shape index (κ1) is 13.5. The molecule has 0 atom stereocenters. The van der Waals surface area contributed by atoms with E-state index < -0.39 is 0 Å². The minimum absolute atomic E-state index is 0.212. The number of rotatable bonds is 3. The van der Waals surface area contributed by atoms with Gasteiger partial charge in [-0.25, -0.2) is 9.97 Å². The van der Waals surface area contributed by atoms with Crippen LogP contribution in [0.5, 0.6) is 0 Å². The molecular weight excluding hydrogens is 308 g/mol. The molecular formula is C13H13BrN4O. The van der Waals surface area contributed by atoms with E-state index in [1.165, 1.54) is 6.20 Å². The summed E-state index contributed by atoms with van der Waals surface area (Å²) in [7, 11) is 3.75. The number of carbonyl (C=O) groups is 1. The van der Waals surface area contributed by atoms with Gasteiger partial charge in [0.05, 0.1) is 11.3 Å². The Kier molecular flexibility index (Phi) is 4.11. The third-order valence-electron chi connectivity index (χ3n) is 2.45. The summed E-state index contributed by atoms with van der Waals surface area (Å²) in [6.07, 6.45) is 3.21. The highest BCUT2D eigenvalue weighted by Crippen LogP contribution is 2.21. The van der Waals surface area contributed by atoms with E-state index in [0.29, 0.717) is 21.7 Å². The number of halogens is 1. The van der Waals surface area contributed by atoms with Crippen LogP contribution in [0, 0.1) is 0 Å². The standard InChI is InChI=1S/C13H13BrN4O/c1-18(2)12-10(4-3-7-15-12)17-13(19)9-5-6-11(14)16-8-9/h3-8H,1-2H3,(H,17,19). The average Bonchev–Trinajstić information content (AvgIpc) is 2.39. The van der Waals surface area contributed by atoms with E-state index in [1.54, 1.807) is 24.4 Å². The fourth-order valence-corrected chi connectivity index (χ4v) is 1.79. The molecule has 0 aromatic carbocycles. The number of hydrogen-bond donors (Lipinski definition) is 1. The van der Waals surface area contributed by atoms with E-state index in [1.807, 2.05) is 25.1 Å². The molecule has 0 aliphatic carbocycles. The highest BCUT2D eigenvalue weighted by atomic mass is 79.9. The van der Waals surface area contributed by atoms with Crippen LogP contribution in [0.4, 0.5) is 11.5 Å². The Morgan fingerprint density at radius 2 is 2.05 bits per heavy atom. The van der Waals surface area contributed by atoms with Crippen LogP contribution in [0.25, 0.3) is 0 Å². The molecule has 19 heavy (non-hydrogen) atoms. The number of nitrogens with one attached hydrogen (secondary N) is 1. The Hall–Kier alpha value is -1.95. The molecule has 0 aliphatic rings. The summed E-state index contributed by atoms with van der Waals surface area (Å²) in [5.74, 6) is 0.497. The number of hydrogen-bond acceptors (Lipinski definition) is 4. The Labute approximate surface area is 119 Å². The van der Waals surface area contributed by atoms with E-state index in [2.05, 4.69) is 31.2 Å². The summed E-state index contributed by atoms with van der Waals surface area (Å²) < 4.78 is 0.694. The van der Waals surface area contributed by atoms with Crippen LogP contribution in [-0.2, 0) is 0 Å². The highest BCUT2D eigenvalue weighted by molar-refractivity contribution is 9.10. The van der Waals surface area contributed by atoms with Gasteiger partial charge < -0.3 is 10.2 Å². The molecule has 98 valence electrons. The third-order valence-corrected chi connectivity index (χ3v) is 2.92. The number of nitrogens with zero attached hydrogens (tertiary/aromatic N) is 3. The van der Waals surface area contributed by atoms with Gasteiger partial charge in [-0.05, 0) is 40.2 Å². The quantitative estimate of drug-likeness (QED) is 0.883. The number of aromatic nitrogens is 2. The molecule has 0 unspecified atom stereocenters. The molecule has 0 saturated heterocycles. The summed E-state index contributed by atoms with van der Waals surface area (Å²) in [5, 5.41) is 2.83. The lowest BCUT2D eigenvalue weighted by molar-refractivity contribution is 0.102. The second kappa shape index (κ2) is 5.79. The molecule has 0 aliphatic heterocycles. The van der Waals surface area contributed by atoms with Crippen LogP contribution in [0.1, 0.15) is 10.4 Å². The zero-order valence-corrected chi connectivity index (χ0v) is 12.2. The Morgan fingerprint density at radius 3 is 2.68 bits per heavy atom. The molecule has 0 bridgehead atoms. The van der Waals surface area contributed by atoms with Crippen LogP contribution in [-0.4, -0.2) is 30.0 Å². The largest absolute Gasteiger partial charge is 0.361 e. The van der Waals surface area contributed by atoms with Gasteiger partial charge in [-0.15, -0.1) is 0 Å². The maximum Gasteiger partial charge on any atom is 0.257 e. The average molecular weight is 321 g/mol. The lowest BCUT2D eigenvalue weighted by Crippen LogP contribution is -2.17. The van der Waals surface area contributed by atoms with E-state index in [9.17, 15) is 4.79 Å². The Morgan fingerprint density at radius 1 is 1.26 bits per heavy atom. The molecule has 2 aromatic rings. The van der Waals surface area contributed by atoms with Crippen LogP contribution < -0.4 is 10.2 Å². The van der Waals surface area contributed by atoms with Gasteiger partial charge in [0.1, 0.15) is 4.60 Å². The molecule has 2 heterocycles. The minimum Gasteiger partial charge on any atom is -0.361 e. The van der Waals surface area contributed by atoms with Gasteiger partial charge in [0.25, 0.3) is 5.91 Å². The van der Waals surface area contributed by atoms with E-state index in [4.69, 9.17) is 0 Å². The molecule has 0 spiro atoms. The number of anilines is 2. The van der Waals surface area contributed by atoms with Gasteiger partial charge in [-0.1, -0.05) is 0 Å². The van der Waals surface area contributed by atoms with Gasteiger partial charge in [0.2, 0.25) is 0 Å². The zero-order chi connectivity index (χ0) is 13.8. The summed E-state index contributed by atoms with van der Waals surface area (Å²) >= 11 is 3.23. The van der Waals surface area contributed by atoms with Crippen molar-refractivity contribution in [2.45, 2.75) is 0 Å². The maximum absolute atomic E-state index is 12.1. The predicted molar refractivity (Wildman–Crippen MR) is 78.5 cm³/mol. The van der Waals surface area contributed by atoms with Gasteiger partial charge in [-0.2, -0.15) is 0 Å². The number of pyridine rings is 2. The SMILES string of the molecule is CN(C)c1ncccc1NC(=O)c1ccc(Br)nc1. The van der Waals surface area contributed by atoms with Crippen molar-refractivity contribution in [2.75, 3.05) is 24.3 Å².